The number of fused-ring (bicyclic) bond motifs is 1. The lowest BCUT2D eigenvalue weighted by Crippen LogP contribution is -2.15. The number of para-hydroxylation sites is 1. The minimum atomic E-state index is -0.0525. The van der Waals surface area contributed by atoms with E-state index in [1.54, 1.807) is 0 Å². The zero-order chi connectivity index (χ0) is 13.2. The van der Waals surface area contributed by atoms with E-state index in [0.29, 0.717) is 6.54 Å². The highest BCUT2D eigenvalue weighted by Gasteiger charge is 2.28. The molecule has 1 aliphatic rings. The number of nitrogens with one attached hydrogen (secondary N) is 1. The van der Waals surface area contributed by atoms with Crippen molar-refractivity contribution in [3.8, 4) is 0 Å². The van der Waals surface area contributed by atoms with Gasteiger partial charge in [0, 0.05) is 17.8 Å². The van der Waals surface area contributed by atoms with E-state index in [4.69, 9.17) is 0 Å². The Morgan fingerprint density at radius 2 is 2.05 bits per heavy atom. The predicted octanol–water partition coefficient (Wildman–Crippen LogP) is 3.64. The van der Waals surface area contributed by atoms with E-state index in [2.05, 4.69) is 18.3 Å². The van der Waals surface area contributed by atoms with Crippen LogP contribution in [0.3, 0.4) is 0 Å². The van der Waals surface area contributed by atoms with E-state index < -0.39 is 0 Å². The highest BCUT2D eigenvalue weighted by Crippen LogP contribution is 2.33. The number of carbonyl (C=O) groups is 1. The molecule has 2 aromatic carbocycles. The van der Waals surface area contributed by atoms with Crippen LogP contribution in [0.4, 0.5) is 5.69 Å². The van der Waals surface area contributed by atoms with Gasteiger partial charge in [0.15, 0.2) is 5.78 Å². The first kappa shape index (κ1) is 12.0. The van der Waals surface area contributed by atoms with Crippen molar-refractivity contribution >= 4 is 11.5 Å². The smallest absolute Gasteiger partial charge is 0.172 e. The van der Waals surface area contributed by atoms with Crippen LogP contribution in [-0.4, -0.2) is 12.3 Å². The Hall–Kier alpha value is -2.09. The lowest BCUT2D eigenvalue weighted by atomic mass is 9.91. The van der Waals surface area contributed by atoms with E-state index in [1.165, 1.54) is 5.56 Å². The SMILES string of the molecule is CCc1cccc(C(=O)C2CNc3ccccc32)c1. The molecule has 0 saturated heterocycles. The van der Waals surface area contributed by atoms with Crippen LogP contribution in [-0.2, 0) is 6.42 Å². The molecule has 1 aliphatic heterocycles. The summed E-state index contributed by atoms with van der Waals surface area (Å²) in [6.45, 7) is 2.81. The van der Waals surface area contributed by atoms with Gasteiger partial charge in [0.25, 0.3) is 0 Å². The topological polar surface area (TPSA) is 29.1 Å². The Morgan fingerprint density at radius 1 is 1.21 bits per heavy atom. The summed E-state index contributed by atoms with van der Waals surface area (Å²) >= 11 is 0. The number of rotatable bonds is 3. The fourth-order valence-electron chi connectivity index (χ4n) is 2.66. The minimum absolute atomic E-state index is 0.0525. The molecule has 0 fully saturated rings. The van der Waals surface area contributed by atoms with Crippen molar-refractivity contribution < 1.29 is 4.79 Å². The van der Waals surface area contributed by atoms with Gasteiger partial charge in [-0.3, -0.25) is 4.79 Å². The second-order valence-corrected chi connectivity index (χ2v) is 4.94. The second kappa shape index (κ2) is 4.88. The molecule has 1 atom stereocenters. The maximum atomic E-state index is 12.6. The summed E-state index contributed by atoms with van der Waals surface area (Å²) in [5.74, 6) is 0.163. The number of ketones is 1. The van der Waals surface area contributed by atoms with Crippen LogP contribution in [0.15, 0.2) is 48.5 Å². The predicted molar refractivity (Wildman–Crippen MR) is 77.8 cm³/mol. The van der Waals surface area contributed by atoms with Crippen LogP contribution < -0.4 is 5.32 Å². The molecular formula is C17H17NO. The van der Waals surface area contributed by atoms with E-state index in [0.717, 1.165) is 23.2 Å². The third-order valence-electron chi connectivity index (χ3n) is 3.77. The Morgan fingerprint density at radius 3 is 2.89 bits per heavy atom. The molecule has 1 N–H and O–H groups in total. The fraction of sp³-hybridized carbons (Fsp3) is 0.235. The minimum Gasteiger partial charge on any atom is -0.384 e. The zero-order valence-electron chi connectivity index (χ0n) is 11.0. The standard InChI is InChI=1S/C17H17NO/c1-2-12-6-5-7-13(10-12)17(19)15-11-18-16-9-4-3-8-14(15)16/h3-10,15,18H,2,11H2,1H3. The first-order valence-corrected chi connectivity index (χ1v) is 6.75. The van der Waals surface area contributed by atoms with Crippen LogP contribution >= 0.6 is 0 Å². The molecule has 0 bridgehead atoms. The van der Waals surface area contributed by atoms with Gasteiger partial charge in [-0.15, -0.1) is 0 Å². The van der Waals surface area contributed by atoms with Crippen molar-refractivity contribution in [1.29, 1.82) is 0 Å². The van der Waals surface area contributed by atoms with Gasteiger partial charge < -0.3 is 5.32 Å². The first-order chi connectivity index (χ1) is 9.29. The molecule has 0 amide bonds. The molecule has 2 aromatic rings. The molecule has 2 heteroatoms. The third-order valence-corrected chi connectivity index (χ3v) is 3.77. The number of hydrogen-bond donors (Lipinski definition) is 1. The van der Waals surface area contributed by atoms with Crippen molar-refractivity contribution in [1.82, 2.24) is 0 Å². The number of hydrogen-bond acceptors (Lipinski definition) is 2. The van der Waals surface area contributed by atoms with Gasteiger partial charge in [-0.1, -0.05) is 43.3 Å². The molecule has 0 spiro atoms. The third kappa shape index (κ3) is 2.14. The van der Waals surface area contributed by atoms with Crippen molar-refractivity contribution in [2.45, 2.75) is 19.3 Å². The number of aryl methyl sites for hydroxylation is 1. The molecular weight excluding hydrogens is 234 g/mol. The van der Waals surface area contributed by atoms with Gasteiger partial charge in [-0.2, -0.15) is 0 Å². The molecule has 1 heterocycles. The van der Waals surface area contributed by atoms with Gasteiger partial charge in [0.2, 0.25) is 0 Å². The summed E-state index contributed by atoms with van der Waals surface area (Å²) in [5, 5.41) is 3.31. The molecule has 96 valence electrons. The van der Waals surface area contributed by atoms with E-state index in [-0.39, 0.29) is 11.7 Å². The van der Waals surface area contributed by atoms with Gasteiger partial charge in [-0.25, -0.2) is 0 Å². The van der Waals surface area contributed by atoms with Gasteiger partial charge in [0.05, 0.1) is 5.92 Å². The van der Waals surface area contributed by atoms with Crippen LogP contribution in [0, 0.1) is 0 Å². The second-order valence-electron chi connectivity index (χ2n) is 4.94. The Kier molecular flexibility index (Phi) is 3.08. The Labute approximate surface area is 113 Å². The number of anilines is 1. The van der Waals surface area contributed by atoms with Crippen LogP contribution in [0.2, 0.25) is 0 Å². The number of carbonyl (C=O) groups excluding carboxylic acids is 1. The highest BCUT2D eigenvalue weighted by molar-refractivity contribution is 6.03. The zero-order valence-corrected chi connectivity index (χ0v) is 11.0. The summed E-state index contributed by atoms with van der Waals surface area (Å²) in [4.78, 5) is 12.6. The Bertz CT molecular complexity index is 618. The maximum Gasteiger partial charge on any atom is 0.172 e. The molecule has 0 aromatic heterocycles. The molecule has 0 saturated carbocycles. The lowest BCUT2D eigenvalue weighted by Gasteiger charge is -2.10. The average Bonchev–Trinajstić information content (AvgIpc) is 2.90. The molecule has 19 heavy (non-hydrogen) atoms. The molecule has 2 nitrogen and oxygen atoms in total. The summed E-state index contributed by atoms with van der Waals surface area (Å²) in [5.41, 5.74) is 4.25. The normalized spacial score (nSPS) is 16.8. The number of benzene rings is 2. The molecule has 0 radical (unpaired) electrons. The van der Waals surface area contributed by atoms with Crippen molar-refractivity contribution in [3.63, 3.8) is 0 Å². The lowest BCUT2D eigenvalue weighted by molar-refractivity contribution is 0.0966. The van der Waals surface area contributed by atoms with E-state index >= 15 is 0 Å². The summed E-state index contributed by atoms with van der Waals surface area (Å²) in [6.07, 6.45) is 0.959. The van der Waals surface area contributed by atoms with E-state index in [9.17, 15) is 4.79 Å². The maximum absolute atomic E-state index is 12.6. The van der Waals surface area contributed by atoms with Gasteiger partial charge in [-0.05, 0) is 29.7 Å². The van der Waals surface area contributed by atoms with Crippen molar-refractivity contribution in [2.75, 3.05) is 11.9 Å². The molecule has 3 rings (SSSR count). The van der Waals surface area contributed by atoms with Crippen molar-refractivity contribution in [3.05, 3.63) is 65.2 Å². The Balaban J connectivity index is 1.93. The number of Topliss-reactive ketones (excluding diaryl/α,β-unsaturated/α-hetero) is 1. The average molecular weight is 251 g/mol. The van der Waals surface area contributed by atoms with Crippen LogP contribution in [0.25, 0.3) is 0 Å². The van der Waals surface area contributed by atoms with Crippen LogP contribution in [0.5, 0.6) is 0 Å². The van der Waals surface area contributed by atoms with Gasteiger partial charge in [0.1, 0.15) is 0 Å². The largest absolute Gasteiger partial charge is 0.384 e. The molecule has 1 unspecified atom stereocenters. The monoisotopic (exact) mass is 251 g/mol. The highest BCUT2D eigenvalue weighted by atomic mass is 16.1. The van der Waals surface area contributed by atoms with Gasteiger partial charge >= 0.3 is 0 Å². The van der Waals surface area contributed by atoms with Crippen molar-refractivity contribution in [2.24, 2.45) is 0 Å². The first-order valence-electron chi connectivity index (χ1n) is 6.75. The quantitative estimate of drug-likeness (QED) is 0.844. The summed E-state index contributed by atoms with van der Waals surface area (Å²) in [7, 11) is 0. The van der Waals surface area contributed by atoms with E-state index in [1.807, 2.05) is 42.5 Å². The fourth-order valence-corrected chi connectivity index (χ4v) is 2.66. The summed E-state index contributed by atoms with van der Waals surface area (Å²) < 4.78 is 0. The summed E-state index contributed by atoms with van der Waals surface area (Å²) in [6, 6.07) is 16.0. The van der Waals surface area contributed by atoms with Crippen LogP contribution in [0.1, 0.15) is 34.3 Å². The molecule has 0 aliphatic carbocycles.